The van der Waals surface area contributed by atoms with Crippen molar-refractivity contribution in [3.8, 4) is 11.5 Å². The Bertz CT molecular complexity index is 1440. The highest BCUT2D eigenvalue weighted by atomic mass is 32.2. The number of methoxy groups -OCH3 is 2. The van der Waals surface area contributed by atoms with Crippen molar-refractivity contribution >= 4 is 27.5 Å². The smallest absolute Gasteiger partial charge is 0.244 e. The van der Waals surface area contributed by atoms with Gasteiger partial charge in [-0.2, -0.15) is 0 Å². The number of hydrogen-bond donors (Lipinski definition) is 1. The number of amides is 2. The fourth-order valence-corrected chi connectivity index (χ4v) is 6.13. The van der Waals surface area contributed by atoms with E-state index in [1.54, 1.807) is 12.1 Å². The fraction of sp³-hybridized carbons (Fsp3) is 0.375. The van der Waals surface area contributed by atoms with Crippen molar-refractivity contribution in [3.63, 3.8) is 0 Å². The molecule has 0 radical (unpaired) electrons. The van der Waals surface area contributed by atoms with Crippen molar-refractivity contribution < 1.29 is 27.5 Å². The van der Waals surface area contributed by atoms with Crippen LogP contribution in [0.1, 0.15) is 36.8 Å². The predicted molar refractivity (Wildman–Crippen MR) is 163 cm³/mol. The fourth-order valence-electron chi connectivity index (χ4n) is 5.29. The maximum Gasteiger partial charge on any atom is 0.244 e. The molecule has 0 heterocycles. The summed E-state index contributed by atoms with van der Waals surface area (Å²) in [6.07, 6.45) is 5.20. The Morgan fingerprint density at radius 2 is 1.52 bits per heavy atom. The molecule has 0 bridgehead atoms. The molecule has 1 aliphatic carbocycles. The first-order valence-electron chi connectivity index (χ1n) is 14.1. The average Bonchev–Trinajstić information content (AvgIpc) is 3.50. The molecule has 4 rings (SSSR count). The van der Waals surface area contributed by atoms with E-state index in [9.17, 15) is 18.0 Å². The van der Waals surface area contributed by atoms with E-state index >= 15 is 0 Å². The van der Waals surface area contributed by atoms with E-state index < -0.39 is 28.5 Å². The monoisotopic (exact) mass is 593 g/mol. The first kappa shape index (κ1) is 30.9. The van der Waals surface area contributed by atoms with Gasteiger partial charge in [-0.3, -0.25) is 13.9 Å². The maximum atomic E-state index is 14.3. The lowest BCUT2D eigenvalue weighted by atomic mass is 10.0. The summed E-state index contributed by atoms with van der Waals surface area (Å²) in [5.74, 6) is -0.0917. The zero-order valence-corrected chi connectivity index (χ0v) is 25.2. The van der Waals surface area contributed by atoms with Crippen molar-refractivity contribution in [1.82, 2.24) is 10.2 Å². The SMILES string of the molecule is COc1ccc(OC)c(N(CC(=O)N(Cc2ccccc2)[C@@H](Cc2ccccc2)C(=O)NC2CCCC2)S(C)(=O)=O)c1. The molecule has 10 heteroatoms. The lowest BCUT2D eigenvalue weighted by Gasteiger charge is -2.34. The minimum absolute atomic E-state index is 0.0537. The lowest BCUT2D eigenvalue weighted by molar-refractivity contribution is -0.140. The Balaban J connectivity index is 1.74. The second kappa shape index (κ2) is 14.2. The van der Waals surface area contributed by atoms with Gasteiger partial charge in [0.2, 0.25) is 21.8 Å². The third-order valence-corrected chi connectivity index (χ3v) is 8.63. The Kier molecular flexibility index (Phi) is 10.5. The molecule has 0 aliphatic heterocycles. The van der Waals surface area contributed by atoms with Crippen molar-refractivity contribution in [2.24, 2.45) is 0 Å². The zero-order chi connectivity index (χ0) is 30.1. The molecule has 2 amide bonds. The van der Waals surface area contributed by atoms with Gasteiger partial charge in [-0.05, 0) is 36.1 Å². The van der Waals surface area contributed by atoms with Crippen LogP contribution in [0.25, 0.3) is 0 Å². The quantitative estimate of drug-likeness (QED) is 0.319. The van der Waals surface area contributed by atoms with Crippen molar-refractivity contribution in [1.29, 1.82) is 0 Å². The molecular formula is C32H39N3O6S. The molecule has 0 saturated heterocycles. The minimum atomic E-state index is -3.95. The second-order valence-corrected chi connectivity index (χ2v) is 12.4. The van der Waals surface area contributed by atoms with Crippen molar-refractivity contribution in [2.45, 2.75) is 50.7 Å². The number of benzene rings is 3. The molecule has 1 atom stereocenters. The second-order valence-electron chi connectivity index (χ2n) is 10.5. The summed E-state index contributed by atoms with van der Waals surface area (Å²) < 4.78 is 38.0. The van der Waals surface area contributed by atoms with E-state index in [4.69, 9.17) is 9.47 Å². The normalized spacial score (nSPS) is 14.2. The summed E-state index contributed by atoms with van der Waals surface area (Å²) in [6.45, 7) is -0.403. The van der Waals surface area contributed by atoms with Crippen LogP contribution in [0, 0.1) is 0 Å². The van der Waals surface area contributed by atoms with Crippen molar-refractivity contribution in [3.05, 3.63) is 90.0 Å². The summed E-state index contributed by atoms with van der Waals surface area (Å²) in [5.41, 5.74) is 1.88. The molecule has 1 fully saturated rings. The molecule has 42 heavy (non-hydrogen) atoms. The highest BCUT2D eigenvalue weighted by molar-refractivity contribution is 7.92. The van der Waals surface area contributed by atoms with Gasteiger partial charge in [0.05, 0.1) is 26.2 Å². The summed E-state index contributed by atoms with van der Waals surface area (Å²) in [7, 11) is -1.05. The summed E-state index contributed by atoms with van der Waals surface area (Å²) >= 11 is 0. The van der Waals surface area contributed by atoms with Gasteiger partial charge < -0.3 is 19.7 Å². The highest BCUT2D eigenvalue weighted by Gasteiger charge is 2.35. The van der Waals surface area contributed by atoms with Crippen LogP contribution < -0.4 is 19.1 Å². The van der Waals surface area contributed by atoms with E-state index in [1.807, 2.05) is 60.7 Å². The molecule has 1 N–H and O–H groups in total. The number of anilines is 1. The third kappa shape index (κ3) is 8.03. The van der Waals surface area contributed by atoms with Crippen LogP contribution >= 0.6 is 0 Å². The van der Waals surface area contributed by atoms with E-state index in [0.717, 1.165) is 47.4 Å². The van der Waals surface area contributed by atoms with E-state index in [1.165, 1.54) is 25.2 Å². The summed E-state index contributed by atoms with van der Waals surface area (Å²) in [5, 5.41) is 3.17. The van der Waals surface area contributed by atoms with Crippen LogP contribution in [0.15, 0.2) is 78.9 Å². The van der Waals surface area contributed by atoms with Crippen LogP contribution in [-0.2, 0) is 32.6 Å². The van der Waals surface area contributed by atoms with Crippen molar-refractivity contribution in [2.75, 3.05) is 31.3 Å². The van der Waals surface area contributed by atoms with Crippen LogP contribution in [-0.4, -0.2) is 64.2 Å². The third-order valence-electron chi connectivity index (χ3n) is 7.50. The summed E-state index contributed by atoms with van der Waals surface area (Å²) in [4.78, 5) is 29.7. The molecule has 1 saturated carbocycles. The van der Waals surface area contributed by atoms with Gasteiger partial charge in [-0.25, -0.2) is 8.42 Å². The number of carbonyl (C=O) groups excluding carboxylic acids is 2. The van der Waals surface area contributed by atoms with Gasteiger partial charge in [0.15, 0.2) is 0 Å². The number of ether oxygens (including phenoxy) is 2. The van der Waals surface area contributed by atoms with Gasteiger partial charge in [-0.1, -0.05) is 73.5 Å². The lowest BCUT2D eigenvalue weighted by Crippen LogP contribution is -2.54. The number of nitrogens with zero attached hydrogens (tertiary/aromatic N) is 2. The van der Waals surface area contributed by atoms with Crippen LogP contribution in [0.3, 0.4) is 0 Å². The maximum absolute atomic E-state index is 14.3. The van der Waals surface area contributed by atoms with Gasteiger partial charge in [-0.15, -0.1) is 0 Å². The Morgan fingerprint density at radius 3 is 2.10 bits per heavy atom. The molecule has 3 aromatic rings. The number of carbonyl (C=O) groups is 2. The van der Waals surface area contributed by atoms with Gasteiger partial charge in [0.25, 0.3) is 0 Å². The molecule has 0 unspecified atom stereocenters. The van der Waals surface area contributed by atoms with Crippen LogP contribution in [0.2, 0.25) is 0 Å². The Morgan fingerprint density at radius 1 is 0.905 bits per heavy atom. The molecule has 224 valence electrons. The number of rotatable bonds is 13. The summed E-state index contributed by atoms with van der Waals surface area (Å²) in [6, 6.07) is 22.9. The molecule has 3 aromatic carbocycles. The largest absolute Gasteiger partial charge is 0.497 e. The molecule has 1 aliphatic rings. The number of hydrogen-bond acceptors (Lipinski definition) is 6. The zero-order valence-electron chi connectivity index (χ0n) is 24.4. The van der Waals surface area contributed by atoms with Gasteiger partial charge in [0.1, 0.15) is 24.1 Å². The first-order chi connectivity index (χ1) is 20.2. The first-order valence-corrected chi connectivity index (χ1v) is 15.9. The predicted octanol–water partition coefficient (Wildman–Crippen LogP) is 4.17. The van der Waals surface area contributed by atoms with E-state index in [0.29, 0.717) is 5.75 Å². The standard InChI is InChI=1S/C32H39N3O6S/c1-40-27-18-19-30(41-2)28(21-27)35(42(3,38)39)23-31(36)34(22-25-14-8-5-9-15-25)29(20-24-12-6-4-7-13-24)32(37)33-26-16-10-11-17-26/h4-9,12-15,18-19,21,26,29H,10-11,16-17,20,22-23H2,1-3H3,(H,33,37)/t29-/m0/s1. The molecule has 0 spiro atoms. The van der Waals surface area contributed by atoms with E-state index in [-0.39, 0.29) is 36.4 Å². The molecular weight excluding hydrogens is 554 g/mol. The molecule has 9 nitrogen and oxygen atoms in total. The molecule has 0 aromatic heterocycles. The Hall–Kier alpha value is -4.05. The van der Waals surface area contributed by atoms with E-state index in [2.05, 4.69) is 5.32 Å². The van der Waals surface area contributed by atoms with Crippen LogP contribution in [0.4, 0.5) is 5.69 Å². The number of sulfonamides is 1. The van der Waals surface area contributed by atoms with Gasteiger partial charge in [0, 0.05) is 25.1 Å². The van der Waals surface area contributed by atoms with Gasteiger partial charge >= 0.3 is 0 Å². The topological polar surface area (TPSA) is 105 Å². The highest BCUT2D eigenvalue weighted by Crippen LogP contribution is 2.34. The minimum Gasteiger partial charge on any atom is -0.497 e. The number of nitrogens with one attached hydrogen (secondary N) is 1. The average molecular weight is 594 g/mol. The Labute approximate surface area is 248 Å². The van der Waals surface area contributed by atoms with Crippen LogP contribution in [0.5, 0.6) is 11.5 Å².